The van der Waals surface area contributed by atoms with Crippen LogP contribution in [-0.4, -0.2) is 89.1 Å². The van der Waals surface area contributed by atoms with Crippen LogP contribution < -0.4 is 21.3 Å². The highest BCUT2D eigenvalue weighted by atomic mass is 32.2. The SMILES string of the molecule is CCC1CC1(NC(=O)[C@@H]1[C@@H]2[C@H](CN1C(=O)[C@H](NC(=O)NC1([C@@H](C)S(=O)(=O)C(C)(C)C)CCCCC1)C1Cc3ccccc3C1)C2(C)C)C(=O)C(=O)NCC1CC1. The number of Topliss-reactive ketones (excluding diaryl/α,β-unsaturated/α-hetero) is 1. The summed E-state index contributed by atoms with van der Waals surface area (Å²) in [7, 11) is -3.66. The van der Waals surface area contributed by atoms with Gasteiger partial charge in [-0.3, -0.25) is 19.2 Å². The standard InChI is InChI=1S/C43H63N5O7S/c1-8-30-22-43(30,35(49)37(51)44-23-26-16-17-26)46-36(50)34-32-31(41(32,6)7)24-48(34)38(52)33(29-20-27-14-10-11-15-28(27)21-29)45-39(53)47-42(18-12-9-13-19-42)25(2)56(54,55)40(3,4)5/h10-11,14-15,25-26,29-34H,8-9,12-13,16-24H2,1-7H3,(H,44,51)(H,46,50)(H2,45,47,53)/t25-,30?,31+,32+,33-,34+,43?/m1/s1. The predicted octanol–water partition coefficient (Wildman–Crippen LogP) is 4.24. The summed E-state index contributed by atoms with van der Waals surface area (Å²) in [5, 5.41) is 11.2. The summed E-state index contributed by atoms with van der Waals surface area (Å²) in [6.45, 7) is 13.7. The third-order valence-electron chi connectivity index (χ3n) is 14.9. The molecule has 0 spiro atoms. The number of nitrogens with one attached hydrogen (secondary N) is 4. The third-order valence-corrected chi connectivity index (χ3v) is 18.0. The van der Waals surface area contributed by atoms with E-state index in [1.165, 1.54) is 0 Å². The van der Waals surface area contributed by atoms with Gasteiger partial charge in [-0.1, -0.05) is 70.7 Å². The van der Waals surface area contributed by atoms with Crippen molar-refractivity contribution >= 4 is 39.4 Å². The molecule has 7 atom stereocenters. The fourth-order valence-corrected chi connectivity index (χ4v) is 12.6. The zero-order valence-electron chi connectivity index (χ0n) is 34.3. The van der Waals surface area contributed by atoms with Gasteiger partial charge >= 0.3 is 6.03 Å². The number of carbonyl (C=O) groups is 5. The minimum atomic E-state index is -3.66. The van der Waals surface area contributed by atoms with Crippen molar-refractivity contribution in [2.75, 3.05) is 13.1 Å². The summed E-state index contributed by atoms with van der Waals surface area (Å²) in [5.74, 6) is -2.26. The van der Waals surface area contributed by atoms with Crippen LogP contribution in [0.3, 0.4) is 0 Å². The Bertz CT molecular complexity index is 1850. The van der Waals surface area contributed by atoms with Crippen molar-refractivity contribution in [1.82, 2.24) is 26.2 Å². The van der Waals surface area contributed by atoms with E-state index in [0.717, 1.165) is 43.2 Å². The van der Waals surface area contributed by atoms with E-state index in [1.54, 1.807) is 32.6 Å². The van der Waals surface area contributed by atoms with E-state index in [9.17, 15) is 27.6 Å². The summed E-state index contributed by atoms with van der Waals surface area (Å²) < 4.78 is 26.6. The van der Waals surface area contributed by atoms with Crippen molar-refractivity contribution < 1.29 is 32.4 Å². The average Bonchev–Trinajstić information content (AvgIpc) is 4.09. The van der Waals surface area contributed by atoms with Crippen molar-refractivity contribution in [3.8, 4) is 0 Å². The number of piperidine rings is 1. The second-order valence-electron chi connectivity index (χ2n) is 19.7. The summed E-state index contributed by atoms with van der Waals surface area (Å²) in [4.78, 5) is 72.3. The fourth-order valence-electron chi connectivity index (χ4n) is 10.7. The third kappa shape index (κ3) is 7.16. The normalized spacial score (nSPS) is 29.9. The Morgan fingerprint density at radius 1 is 0.946 bits per heavy atom. The molecule has 6 aliphatic rings. The number of rotatable bonds is 13. The molecule has 56 heavy (non-hydrogen) atoms. The van der Waals surface area contributed by atoms with Crippen molar-refractivity contribution in [3.05, 3.63) is 35.4 Å². The van der Waals surface area contributed by atoms with Gasteiger partial charge in [-0.2, -0.15) is 0 Å². The van der Waals surface area contributed by atoms with E-state index in [4.69, 9.17) is 0 Å². The lowest BCUT2D eigenvalue weighted by Gasteiger charge is -2.44. The number of urea groups is 1. The molecule has 5 aliphatic carbocycles. The Morgan fingerprint density at radius 3 is 2.12 bits per heavy atom. The first-order chi connectivity index (χ1) is 26.3. The van der Waals surface area contributed by atoms with Crippen LogP contribution in [0, 0.1) is 35.0 Å². The number of amides is 5. The summed E-state index contributed by atoms with van der Waals surface area (Å²) >= 11 is 0. The van der Waals surface area contributed by atoms with Crippen molar-refractivity contribution in [3.63, 3.8) is 0 Å². The van der Waals surface area contributed by atoms with Gasteiger partial charge in [-0.25, -0.2) is 13.2 Å². The Balaban J connectivity index is 1.15. The number of benzene rings is 1. The molecular weight excluding hydrogens is 731 g/mol. The van der Waals surface area contributed by atoms with Gasteiger partial charge in [-0.05, 0) is 119 Å². The van der Waals surface area contributed by atoms with Crippen molar-refractivity contribution in [1.29, 1.82) is 0 Å². The molecule has 4 saturated carbocycles. The van der Waals surface area contributed by atoms with E-state index >= 15 is 4.79 Å². The van der Waals surface area contributed by atoms with Crippen LogP contribution in [0.25, 0.3) is 0 Å². The molecule has 1 aliphatic heterocycles. The number of hydrogen-bond donors (Lipinski definition) is 4. The number of carbonyl (C=O) groups excluding carboxylic acids is 5. The number of likely N-dealkylation sites (tertiary alicyclic amines) is 1. The maximum atomic E-state index is 15.1. The minimum Gasteiger partial charge on any atom is -0.349 e. The zero-order valence-corrected chi connectivity index (χ0v) is 35.2. The molecule has 4 N–H and O–H groups in total. The van der Waals surface area contributed by atoms with Gasteiger partial charge in [0.05, 0.1) is 15.5 Å². The molecule has 1 heterocycles. The van der Waals surface area contributed by atoms with Gasteiger partial charge in [-0.15, -0.1) is 0 Å². The van der Waals surface area contributed by atoms with Gasteiger partial charge < -0.3 is 26.2 Å². The van der Waals surface area contributed by atoms with E-state index in [-0.39, 0.29) is 35.0 Å². The molecule has 1 aromatic carbocycles. The van der Waals surface area contributed by atoms with Gasteiger partial charge in [0.25, 0.3) is 5.91 Å². The molecule has 2 unspecified atom stereocenters. The lowest BCUT2D eigenvalue weighted by molar-refractivity contribution is -0.145. The molecule has 5 fully saturated rings. The van der Waals surface area contributed by atoms with Crippen molar-refractivity contribution in [2.45, 2.75) is 152 Å². The predicted molar refractivity (Wildman–Crippen MR) is 213 cm³/mol. The first-order valence-electron chi connectivity index (χ1n) is 21.1. The Morgan fingerprint density at radius 2 is 1.57 bits per heavy atom. The Hall–Kier alpha value is -3.48. The molecule has 7 rings (SSSR count). The number of nitrogens with zero attached hydrogens (tertiary/aromatic N) is 1. The number of sulfone groups is 1. The molecule has 5 amide bonds. The monoisotopic (exact) mass is 793 g/mol. The number of hydrogen-bond acceptors (Lipinski definition) is 7. The van der Waals surface area contributed by atoms with Crippen LogP contribution in [0.5, 0.6) is 0 Å². The first kappa shape index (κ1) is 40.7. The van der Waals surface area contributed by atoms with E-state index in [1.807, 2.05) is 31.2 Å². The molecule has 0 aromatic heterocycles. The van der Waals surface area contributed by atoms with Crippen LogP contribution in [-0.2, 0) is 41.9 Å². The molecule has 0 bridgehead atoms. The summed E-state index contributed by atoms with van der Waals surface area (Å²) in [5.41, 5.74) is -0.309. The highest BCUT2D eigenvalue weighted by Gasteiger charge is 2.71. The molecule has 1 aromatic rings. The van der Waals surface area contributed by atoms with Gasteiger partial charge in [0.2, 0.25) is 17.6 Å². The molecular formula is C43H63N5O7S. The van der Waals surface area contributed by atoms with Gasteiger partial charge in [0.15, 0.2) is 9.84 Å². The average molecular weight is 794 g/mol. The van der Waals surface area contributed by atoms with E-state index in [2.05, 4.69) is 35.1 Å². The topological polar surface area (TPSA) is 171 Å². The van der Waals surface area contributed by atoms with Crippen molar-refractivity contribution in [2.24, 2.45) is 35.0 Å². The van der Waals surface area contributed by atoms with Crippen LogP contribution in [0.4, 0.5) is 4.79 Å². The van der Waals surface area contributed by atoms with Crippen LogP contribution in [0.2, 0.25) is 0 Å². The summed E-state index contributed by atoms with van der Waals surface area (Å²) in [6, 6.07) is 5.53. The summed E-state index contributed by atoms with van der Waals surface area (Å²) in [6.07, 6.45) is 7.68. The lowest BCUT2D eigenvalue weighted by Crippen LogP contribution is -2.65. The molecule has 0 radical (unpaired) electrons. The highest BCUT2D eigenvalue weighted by molar-refractivity contribution is 7.93. The van der Waals surface area contributed by atoms with E-state index in [0.29, 0.717) is 57.5 Å². The Labute approximate surface area is 332 Å². The highest BCUT2D eigenvalue weighted by Crippen LogP contribution is 2.65. The molecule has 12 nitrogen and oxygen atoms in total. The van der Waals surface area contributed by atoms with Crippen LogP contribution in [0.15, 0.2) is 24.3 Å². The number of fused-ring (bicyclic) bond motifs is 2. The molecule has 308 valence electrons. The van der Waals surface area contributed by atoms with Crippen LogP contribution in [0.1, 0.15) is 117 Å². The second-order valence-corrected chi connectivity index (χ2v) is 22.7. The maximum absolute atomic E-state index is 15.1. The smallest absolute Gasteiger partial charge is 0.315 e. The lowest BCUT2D eigenvalue weighted by atomic mass is 9.79. The zero-order chi connectivity index (χ0) is 40.6. The Kier molecular flexibility index (Phi) is 10.5. The fraction of sp³-hybridized carbons (Fsp3) is 0.744. The molecule has 1 saturated heterocycles. The first-order valence-corrected chi connectivity index (χ1v) is 22.7. The quantitative estimate of drug-likeness (QED) is 0.217. The second kappa shape index (κ2) is 14.4. The molecule has 13 heteroatoms. The van der Waals surface area contributed by atoms with Gasteiger partial charge in [0.1, 0.15) is 17.6 Å². The van der Waals surface area contributed by atoms with E-state index < -0.39 is 66.6 Å². The number of ketones is 1. The van der Waals surface area contributed by atoms with Crippen LogP contribution >= 0.6 is 0 Å². The largest absolute Gasteiger partial charge is 0.349 e. The van der Waals surface area contributed by atoms with Gasteiger partial charge in [0, 0.05) is 13.1 Å². The maximum Gasteiger partial charge on any atom is 0.315 e. The minimum absolute atomic E-state index is 0.0566.